The lowest BCUT2D eigenvalue weighted by molar-refractivity contribution is -0.0360. The van der Waals surface area contributed by atoms with E-state index >= 15 is 0 Å². The van der Waals surface area contributed by atoms with Crippen LogP contribution in [0.3, 0.4) is 0 Å². The third kappa shape index (κ3) is 2.85. The summed E-state index contributed by atoms with van der Waals surface area (Å²) >= 11 is 0. The number of rotatable bonds is 2. The summed E-state index contributed by atoms with van der Waals surface area (Å²) in [6.45, 7) is 21.0. The Morgan fingerprint density at radius 1 is 1.00 bits per heavy atom. The number of allylic oxidation sites excluding steroid dienone is 1. The number of ether oxygens (including phenoxy) is 1. The average molecular weight is 222 g/mol. The van der Waals surface area contributed by atoms with E-state index in [9.17, 15) is 0 Å². The molecule has 0 saturated heterocycles. The maximum Gasteiger partial charge on any atom is 0.0878 e. The first kappa shape index (κ1) is 15.2. The van der Waals surface area contributed by atoms with Crippen molar-refractivity contribution in [2.75, 3.05) is 6.61 Å². The van der Waals surface area contributed by atoms with Crippen LogP contribution in [0.1, 0.15) is 41.5 Å². The third-order valence-corrected chi connectivity index (χ3v) is 2.87. The molecule has 0 bridgehead atoms. The number of hydrogen-bond acceptors (Lipinski definition) is 1. The van der Waals surface area contributed by atoms with Crippen molar-refractivity contribution in [3.05, 3.63) is 36.5 Å². The minimum atomic E-state index is -0.235. The zero-order valence-corrected chi connectivity index (χ0v) is 11.7. The van der Waals surface area contributed by atoms with Gasteiger partial charge in [-0.15, -0.1) is 0 Å². The Morgan fingerprint density at radius 3 is 1.75 bits per heavy atom. The van der Waals surface area contributed by atoms with Gasteiger partial charge in [-0.1, -0.05) is 53.0 Å². The van der Waals surface area contributed by atoms with Gasteiger partial charge in [0.2, 0.25) is 0 Å². The van der Waals surface area contributed by atoms with Crippen LogP contribution in [0.4, 0.5) is 0 Å². The molecular formula is C15H26O. The molecule has 0 amide bonds. The van der Waals surface area contributed by atoms with Crippen molar-refractivity contribution in [3.8, 4) is 0 Å². The Balaban J connectivity index is 0.00000106. The Kier molecular flexibility index (Phi) is 5.21. The van der Waals surface area contributed by atoms with E-state index in [1.807, 2.05) is 26.0 Å². The van der Waals surface area contributed by atoms with Crippen LogP contribution in [0.2, 0.25) is 0 Å². The summed E-state index contributed by atoms with van der Waals surface area (Å²) in [7, 11) is 0. The molecule has 0 atom stereocenters. The van der Waals surface area contributed by atoms with Crippen LogP contribution in [0.25, 0.3) is 0 Å². The van der Waals surface area contributed by atoms with Gasteiger partial charge in [0.1, 0.15) is 0 Å². The molecule has 0 aromatic carbocycles. The minimum absolute atomic E-state index is 0.0425. The SMILES string of the molecule is C=CC1=C(C=C)C(C)(C)OCC1(C)C.CC. The third-order valence-electron chi connectivity index (χ3n) is 2.87. The molecule has 1 heterocycles. The molecule has 1 rings (SSSR count). The second-order valence-corrected chi connectivity index (χ2v) is 4.92. The second-order valence-electron chi connectivity index (χ2n) is 4.92. The average Bonchev–Trinajstić information content (AvgIpc) is 2.24. The van der Waals surface area contributed by atoms with E-state index in [1.54, 1.807) is 0 Å². The molecule has 1 nitrogen and oxygen atoms in total. The zero-order valence-electron chi connectivity index (χ0n) is 11.7. The standard InChI is InChI=1S/C13H20O.C2H6/c1-7-10-11(8-2)13(5,6)14-9-12(10,3)4;1-2/h7-8H,1-2,9H2,3-6H3;1-2H3. The highest BCUT2D eigenvalue weighted by molar-refractivity contribution is 5.42. The van der Waals surface area contributed by atoms with Gasteiger partial charge >= 0.3 is 0 Å². The van der Waals surface area contributed by atoms with E-state index < -0.39 is 0 Å². The van der Waals surface area contributed by atoms with E-state index in [0.717, 1.165) is 12.2 Å². The zero-order chi connectivity index (χ0) is 13.0. The molecule has 0 aromatic rings. The van der Waals surface area contributed by atoms with Gasteiger partial charge in [-0.2, -0.15) is 0 Å². The van der Waals surface area contributed by atoms with Gasteiger partial charge in [0.15, 0.2) is 0 Å². The van der Waals surface area contributed by atoms with E-state index in [0.29, 0.717) is 0 Å². The first-order chi connectivity index (χ1) is 7.35. The van der Waals surface area contributed by atoms with Crippen LogP contribution >= 0.6 is 0 Å². The smallest absolute Gasteiger partial charge is 0.0878 e. The summed E-state index contributed by atoms with van der Waals surface area (Å²) < 4.78 is 5.84. The van der Waals surface area contributed by atoms with Gasteiger partial charge < -0.3 is 4.74 Å². The van der Waals surface area contributed by atoms with Gasteiger partial charge in [0.05, 0.1) is 12.2 Å². The fraction of sp³-hybridized carbons (Fsp3) is 0.600. The summed E-state index contributed by atoms with van der Waals surface area (Å²) in [5, 5.41) is 0. The Hall–Kier alpha value is -0.820. The van der Waals surface area contributed by atoms with Gasteiger partial charge in [0, 0.05) is 5.41 Å². The van der Waals surface area contributed by atoms with Gasteiger partial charge in [-0.3, -0.25) is 0 Å². The second kappa shape index (κ2) is 5.49. The van der Waals surface area contributed by atoms with Crippen molar-refractivity contribution in [2.24, 2.45) is 5.41 Å². The highest BCUT2D eigenvalue weighted by atomic mass is 16.5. The Morgan fingerprint density at radius 2 is 1.44 bits per heavy atom. The molecule has 1 aliphatic rings. The molecule has 1 heteroatoms. The molecule has 92 valence electrons. The van der Waals surface area contributed by atoms with E-state index in [2.05, 4.69) is 40.9 Å². The van der Waals surface area contributed by atoms with Crippen molar-refractivity contribution >= 4 is 0 Å². The van der Waals surface area contributed by atoms with Crippen LogP contribution in [0, 0.1) is 5.41 Å². The summed E-state index contributed by atoms with van der Waals surface area (Å²) in [5.41, 5.74) is 2.22. The maximum absolute atomic E-state index is 5.84. The Labute approximate surface area is 101 Å². The van der Waals surface area contributed by atoms with Crippen LogP contribution in [-0.2, 0) is 4.74 Å². The lowest BCUT2D eigenvalue weighted by Crippen LogP contribution is -2.40. The Bertz CT molecular complexity index is 263. The molecule has 0 aromatic heterocycles. The molecule has 0 N–H and O–H groups in total. The predicted octanol–water partition coefficient (Wildman–Crippen LogP) is 4.52. The maximum atomic E-state index is 5.84. The summed E-state index contributed by atoms with van der Waals surface area (Å²) in [4.78, 5) is 0. The number of hydrogen-bond donors (Lipinski definition) is 0. The molecule has 0 spiro atoms. The fourth-order valence-corrected chi connectivity index (χ4v) is 1.95. The van der Waals surface area contributed by atoms with Crippen LogP contribution in [-0.4, -0.2) is 12.2 Å². The molecule has 0 unspecified atom stereocenters. The van der Waals surface area contributed by atoms with Gasteiger partial charge in [-0.25, -0.2) is 0 Å². The topological polar surface area (TPSA) is 9.23 Å². The summed E-state index contributed by atoms with van der Waals surface area (Å²) in [5.74, 6) is 0. The fourth-order valence-electron chi connectivity index (χ4n) is 1.95. The molecule has 1 aliphatic heterocycles. The van der Waals surface area contributed by atoms with Crippen molar-refractivity contribution in [1.82, 2.24) is 0 Å². The van der Waals surface area contributed by atoms with Crippen molar-refractivity contribution in [3.63, 3.8) is 0 Å². The first-order valence-corrected chi connectivity index (χ1v) is 5.99. The summed E-state index contributed by atoms with van der Waals surface area (Å²) in [6, 6.07) is 0. The van der Waals surface area contributed by atoms with E-state index in [1.165, 1.54) is 5.57 Å². The summed E-state index contributed by atoms with van der Waals surface area (Å²) in [6.07, 6.45) is 3.82. The van der Waals surface area contributed by atoms with E-state index in [4.69, 9.17) is 4.74 Å². The first-order valence-electron chi connectivity index (χ1n) is 5.99. The monoisotopic (exact) mass is 222 g/mol. The van der Waals surface area contributed by atoms with Gasteiger partial charge in [0.25, 0.3) is 0 Å². The molecular weight excluding hydrogens is 196 g/mol. The molecule has 16 heavy (non-hydrogen) atoms. The lowest BCUT2D eigenvalue weighted by Gasteiger charge is -2.41. The molecule has 0 radical (unpaired) electrons. The van der Waals surface area contributed by atoms with Crippen LogP contribution in [0.15, 0.2) is 36.5 Å². The van der Waals surface area contributed by atoms with E-state index in [-0.39, 0.29) is 11.0 Å². The van der Waals surface area contributed by atoms with Crippen molar-refractivity contribution in [1.29, 1.82) is 0 Å². The van der Waals surface area contributed by atoms with Crippen LogP contribution in [0.5, 0.6) is 0 Å². The molecule has 0 fully saturated rings. The highest BCUT2D eigenvalue weighted by Gasteiger charge is 2.37. The minimum Gasteiger partial charge on any atom is -0.370 e. The highest BCUT2D eigenvalue weighted by Crippen LogP contribution is 2.41. The predicted molar refractivity (Wildman–Crippen MR) is 72.6 cm³/mol. The van der Waals surface area contributed by atoms with Crippen LogP contribution < -0.4 is 0 Å². The molecule has 0 saturated carbocycles. The normalized spacial score (nSPS) is 21.9. The van der Waals surface area contributed by atoms with Crippen molar-refractivity contribution in [2.45, 2.75) is 47.1 Å². The lowest BCUT2D eigenvalue weighted by atomic mass is 9.75. The van der Waals surface area contributed by atoms with Gasteiger partial charge in [-0.05, 0) is 25.0 Å². The van der Waals surface area contributed by atoms with Crippen molar-refractivity contribution < 1.29 is 4.74 Å². The quantitative estimate of drug-likeness (QED) is 0.667. The largest absolute Gasteiger partial charge is 0.370 e. The molecule has 0 aliphatic carbocycles.